The molecule has 2 aromatic carbocycles. The Morgan fingerprint density at radius 1 is 1.25 bits per heavy atom. The largest absolute Gasteiger partial charge is 0.481 e. The molecular weight excluding hydrogens is 281 g/mol. The van der Waals surface area contributed by atoms with Crippen LogP contribution in [-0.2, 0) is 4.79 Å². The summed E-state index contributed by atoms with van der Waals surface area (Å²) in [5.74, 6) is -0.445. The molecule has 5 heteroatoms. The minimum atomic E-state index is -0.743. The predicted molar refractivity (Wildman–Crippen MR) is 76.6 cm³/mol. The highest BCUT2D eigenvalue weighted by Crippen LogP contribution is 2.19. The van der Waals surface area contributed by atoms with Crippen LogP contribution in [0.2, 0.25) is 5.02 Å². The molecule has 0 radical (unpaired) electrons. The van der Waals surface area contributed by atoms with Gasteiger partial charge in [0.1, 0.15) is 11.6 Å². The quantitative estimate of drug-likeness (QED) is 0.929. The summed E-state index contributed by atoms with van der Waals surface area (Å²) in [4.78, 5) is 11.9. The SMILES string of the molecule is C[C@@H](Oc1ccccc1)C(=O)Nc1ccc(Cl)cc1F. The zero-order chi connectivity index (χ0) is 14.5. The third kappa shape index (κ3) is 3.71. The molecule has 0 spiro atoms. The zero-order valence-corrected chi connectivity index (χ0v) is 11.5. The summed E-state index contributed by atoms with van der Waals surface area (Å²) < 4.78 is 19.0. The number of hydrogen-bond acceptors (Lipinski definition) is 2. The maximum atomic E-state index is 13.6. The van der Waals surface area contributed by atoms with E-state index in [0.717, 1.165) is 6.07 Å². The molecule has 0 saturated heterocycles. The number of benzene rings is 2. The van der Waals surface area contributed by atoms with Crippen LogP contribution in [0.1, 0.15) is 6.92 Å². The predicted octanol–water partition coefficient (Wildman–Crippen LogP) is 3.89. The summed E-state index contributed by atoms with van der Waals surface area (Å²) in [5, 5.41) is 2.73. The van der Waals surface area contributed by atoms with E-state index in [1.165, 1.54) is 12.1 Å². The lowest BCUT2D eigenvalue weighted by atomic mass is 10.2. The Balaban J connectivity index is 2.01. The standard InChI is InChI=1S/C15H13ClFNO2/c1-10(20-12-5-3-2-4-6-12)15(19)18-14-8-7-11(16)9-13(14)17/h2-10H,1H3,(H,18,19)/t10-/m1/s1. The molecule has 2 aromatic rings. The molecule has 0 aliphatic rings. The van der Waals surface area contributed by atoms with Crippen LogP contribution in [0.3, 0.4) is 0 Å². The summed E-state index contributed by atoms with van der Waals surface area (Å²) in [6.45, 7) is 1.59. The molecule has 0 bridgehead atoms. The van der Waals surface area contributed by atoms with Crippen molar-refractivity contribution >= 4 is 23.2 Å². The van der Waals surface area contributed by atoms with Crippen LogP contribution in [0.5, 0.6) is 5.75 Å². The van der Waals surface area contributed by atoms with Crippen LogP contribution < -0.4 is 10.1 Å². The van der Waals surface area contributed by atoms with Gasteiger partial charge in [-0.15, -0.1) is 0 Å². The molecule has 104 valence electrons. The van der Waals surface area contributed by atoms with Crippen molar-refractivity contribution in [2.24, 2.45) is 0 Å². The summed E-state index contributed by atoms with van der Waals surface area (Å²) in [6, 6.07) is 13.0. The smallest absolute Gasteiger partial charge is 0.265 e. The van der Waals surface area contributed by atoms with Gasteiger partial charge in [-0.25, -0.2) is 4.39 Å². The van der Waals surface area contributed by atoms with Crippen LogP contribution in [0, 0.1) is 5.82 Å². The molecule has 0 aliphatic carbocycles. The summed E-state index contributed by atoms with van der Waals surface area (Å²) in [5.41, 5.74) is 0.0721. The number of nitrogens with one attached hydrogen (secondary N) is 1. The van der Waals surface area contributed by atoms with E-state index in [1.807, 2.05) is 6.07 Å². The van der Waals surface area contributed by atoms with Crippen LogP contribution in [0.15, 0.2) is 48.5 Å². The minimum absolute atomic E-state index is 0.0721. The van der Waals surface area contributed by atoms with Crippen LogP contribution >= 0.6 is 11.6 Å². The lowest BCUT2D eigenvalue weighted by Gasteiger charge is -2.15. The van der Waals surface area contributed by atoms with Crippen molar-refractivity contribution in [2.45, 2.75) is 13.0 Å². The second-order valence-corrected chi connectivity index (χ2v) is 4.62. The summed E-state index contributed by atoms with van der Waals surface area (Å²) in [6.07, 6.45) is -0.743. The number of anilines is 1. The first-order valence-electron chi connectivity index (χ1n) is 6.04. The van der Waals surface area contributed by atoms with Gasteiger partial charge in [0.2, 0.25) is 0 Å². The van der Waals surface area contributed by atoms with Gasteiger partial charge in [0.05, 0.1) is 5.69 Å². The van der Waals surface area contributed by atoms with Gasteiger partial charge in [-0.2, -0.15) is 0 Å². The third-order valence-corrected chi connectivity index (χ3v) is 2.85. The second-order valence-electron chi connectivity index (χ2n) is 4.19. The number of amides is 1. The maximum Gasteiger partial charge on any atom is 0.265 e. The van der Waals surface area contributed by atoms with Gasteiger partial charge in [-0.3, -0.25) is 4.79 Å². The van der Waals surface area contributed by atoms with E-state index in [0.29, 0.717) is 5.75 Å². The van der Waals surface area contributed by atoms with E-state index >= 15 is 0 Å². The van der Waals surface area contributed by atoms with Gasteiger partial charge in [-0.05, 0) is 37.3 Å². The molecule has 0 saturated carbocycles. The number of rotatable bonds is 4. The zero-order valence-electron chi connectivity index (χ0n) is 10.8. The normalized spacial score (nSPS) is 11.8. The molecule has 1 atom stereocenters. The number of halogens is 2. The molecule has 2 rings (SSSR count). The highest BCUT2D eigenvalue weighted by molar-refractivity contribution is 6.30. The molecule has 0 heterocycles. The lowest BCUT2D eigenvalue weighted by molar-refractivity contribution is -0.122. The third-order valence-electron chi connectivity index (χ3n) is 2.61. The molecule has 0 aromatic heterocycles. The van der Waals surface area contributed by atoms with Crippen molar-refractivity contribution in [3.8, 4) is 5.75 Å². The van der Waals surface area contributed by atoms with Crippen molar-refractivity contribution in [3.63, 3.8) is 0 Å². The fraction of sp³-hybridized carbons (Fsp3) is 0.133. The fourth-order valence-corrected chi connectivity index (χ4v) is 1.74. The van der Waals surface area contributed by atoms with Crippen LogP contribution in [0.25, 0.3) is 0 Å². The molecular formula is C15H13ClFNO2. The van der Waals surface area contributed by atoms with Crippen LogP contribution in [0.4, 0.5) is 10.1 Å². The summed E-state index contributed by atoms with van der Waals surface area (Å²) >= 11 is 5.65. The van der Waals surface area contributed by atoms with E-state index in [1.54, 1.807) is 31.2 Å². The summed E-state index contributed by atoms with van der Waals surface area (Å²) in [7, 11) is 0. The van der Waals surface area contributed by atoms with Gasteiger partial charge in [0.25, 0.3) is 5.91 Å². The van der Waals surface area contributed by atoms with Gasteiger partial charge < -0.3 is 10.1 Å². The van der Waals surface area contributed by atoms with Crippen LogP contribution in [-0.4, -0.2) is 12.0 Å². The van der Waals surface area contributed by atoms with Gasteiger partial charge in [0.15, 0.2) is 6.10 Å². The minimum Gasteiger partial charge on any atom is -0.481 e. The molecule has 3 nitrogen and oxygen atoms in total. The van der Waals surface area contributed by atoms with Gasteiger partial charge >= 0.3 is 0 Å². The van der Waals surface area contributed by atoms with Gasteiger partial charge in [0, 0.05) is 5.02 Å². The van der Waals surface area contributed by atoms with Crippen molar-refractivity contribution in [1.29, 1.82) is 0 Å². The highest BCUT2D eigenvalue weighted by Gasteiger charge is 2.16. The molecule has 0 unspecified atom stereocenters. The Bertz CT molecular complexity index is 604. The Hall–Kier alpha value is -2.07. The van der Waals surface area contributed by atoms with Crippen molar-refractivity contribution in [3.05, 3.63) is 59.4 Å². The fourth-order valence-electron chi connectivity index (χ4n) is 1.58. The first kappa shape index (κ1) is 14.3. The second kappa shape index (κ2) is 6.39. The van der Waals surface area contributed by atoms with E-state index in [4.69, 9.17) is 16.3 Å². The van der Waals surface area contributed by atoms with E-state index < -0.39 is 17.8 Å². The topological polar surface area (TPSA) is 38.3 Å². The van der Waals surface area contributed by atoms with Gasteiger partial charge in [-0.1, -0.05) is 29.8 Å². The number of ether oxygens (including phenoxy) is 1. The molecule has 20 heavy (non-hydrogen) atoms. The maximum absolute atomic E-state index is 13.6. The van der Waals surface area contributed by atoms with E-state index in [2.05, 4.69) is 5.32 Å². The van der Waals surface area contributed by atoms with Crippen molar-refractivity contribution in [1.82, 2.24) is 0 Å². The van der Waals surface area contributed by atoms with Crippen molar-refractivity contribution in [2.75, 3.05) is 5.32 Å². The number of carbonyl (C=O) groups is 1. The molecule has 0 fully saturated rings. The Morgan fingerprint density at radius 2 is 1.95 bits per heavy atom. The number of para-hydroxylation sites is 1. The van der Waals surface area contributed by atoms with E-state index in [9.17, 15) is 9.18 Å². The number of carbonyl (C=O) groups excluding carboxylic acids is 1. The van der Waals surface area contributed by atoms with Crippen molar-refractivity contribution < 1.29 is 13.9 Å². The first-order chi connectivity index (χ1) is 9.56. The Kier molecular flexibility index (Phi) is 4.58. The molecule has 1 amide bonds. The Morgan fingerprint density at radius 3 is 2.60 bits per heavy atom. The lowest BCUT2D eigenvalue weighted by Crippen LogP contribution is -2.30. The van der Waals surface area contributed by atoms with E-state index in [-0.39, 0.29) is 10.7 Å². The highest BCUT2D eigenvalue weighted by atomic mass is 35.5. The number of hydrogen-bond donors (Lipinski definition) is 1. The first-order valence-corrected chi connectivity index (χ1v) is 6.41. The molecule has 0 aliphatic heterocycles. The average molecular weight is 294 g/mol. The monoisotopic (exact) mass is 293 g/mol. The molecule has 1 N–H and O–H groups in total. The Labute approximate surface area is 121 Å². The average Bonchev–Trinajstić information content (AvgIpc) is 2.43.